The summed E-state index contributed by atoms with van der Waals surface area (Å²) in [6.45, 7) is 9.33. The van der Waals surface area contributed by atoms with Gasteiger partial charge in [-0.15, -0.1) is 0 Å². The van der Waals surface area contributed by atoms with Gasteiger partial charge in [0, 0.05) is 42.7 Å². The van der Waals surface area contributed by atoms with Crippen LogP contribution < -0.4 is 10.6 Å². The molecule has 8 nitrogen and oxygen atoms in total. The summed E-state index contributed by atoms with van der Waals surface area (Å²) in [5.41, 5.74) is 2.82. The maximum atomic E-state index is 13.7. The van der Waals surface area contributed by atoms with E-state index in [1.54, 1.807) is 24.0 Å². The molecule has 0 aliphatic rings. The van der Waals surface area contributed by atoms with Gasteiger partial charge in [0.15, 0.2) is 0 Å². The zero-order chi connectivity index (χ0) is 36.0. The Morgan fingerprint density at radius 3 is 2.12 bits per heavy atom. The van der Waals surface area contributed by atoms with Crippen LogP contribution in [0.5, 0.6) is 5.75 Å². The van der Waals surface area contributed by atoms with Gasteiger partial charge in [-0.1, -0.05) is 84.9 Å². The van der Waals surface area contributed by atoms with Crippen molar-refractivity contribution in [1.82, 2.24) is 15.5 Å². The zero-order valence-corrected chi connectivity index (χ0v) is 29.5. The van der Waals surface area contributed by atoms with Crippen molar-refractivity contribution < 1.29 is 24.6 Å². The molecule has 0 spiro atoms. The van der Waals surface area contributed by atoms with E-state index < -0.39 is 23.6 Å². The molecule has 5 aromatic rings. The highest BCUT2D eigenvalue weighted by molar-refractivity contribution is 6.08. The van der Waals surface area contributed by atoms with E-state index in [4.69, 9.17) is 0 Å². The molecule has 0 bridgehead atoms. The van der Waals surface area contributed by atoms with Crippen LogP contribution >= 0.6 is 0 Å². The van der Waals surface area contributed by atoms with Crippen LogP contribution in [0.4, 0.5) is 0 Å². The van der Waals surface area contributed by atoms with Gasteiger partial charge in [0.25, 0.3) is 11.8 Å². The minimum absolute atomic E-state index is 0.0240. The van der Waals surface area contributed by atoms with E-state index in [-0.39, 0.29) is 30.5 Å². The van der Waals surface area contributed by atoms with E-state index >= 15 is 0 Å². The summed E-state index contributed by atoms with van der Waals surface area (Å²) in [5, 5.41) is 31.3. The minimum Gasteiger partial charge on any atom is -0.508 e. The van der Waals surface area contributed by atoms with Crippen LogP contribution in [-0.2, 0) is 17.6 Å². The van der Waals surface area contributed by atoms with Gasteiger partial charge in [-0.25, -0.2) is 0 Å². The first-order valence-corrected chi connectivity index (χ1v) is 17.1. The molecule has 0 heterocycles. The highest BCUT2D eigenvalue weighted by Gasteiger charge is 2.27. The number of nitrogens with one attached hydrogen (secondary N) is 2. The van der Waals surface area contributed by atoms with E-state index in [0.717, 1.165) is 32.7 Å². The second-order valence-corrected chi connectivity index (χ2v) is 14.0. The number of aromatic hydroxyl groups is 1. The molecule has 0 aliphatic heterocycles. The lowest BCUT2D eigenvalue weighted by atomic mass is 9.93. The summed E-state index contributed by atoms with van der Waals surface area (Å²) in [5.74, 6) is -0.692. The molecule has 0 saturated heterocycles. The molecule has 5 aromatic carbocycles. The topological polar surface area (TPSA) is 119 Å². The smallest absolute Gasteiger partial charge is 0.252 e. The summed E-state index contributed by atoms with van der Waals surface area (Å²) in [6, 6.07) is 30.3. The Morgan fingerprint density at radius 1 is 0.780 bits per heavy atom. The molecular formula is C42H47N3O5. The van der Waals surface area contributed by atoms with Crippen molar-refractivity contribution in [2.45, 2.75) is 71.6 Å². The van der Waals surface area contributed by atoms with Crippen molar-refractivity contribution in [2.75, 3.05) is 13.1 Å². The van der Waals surface area contributed by atoms with Gasteiger partial charge in [0.1, 0.15) is 5.75 Å². The average Bonchev–Trinajstić information content (AvgIpc) is 3.07. The first-order chi connectivity index (χ1) is 23.8. The molecular weight excluding hydrogens is 626 g/mol. The Bertz CT molecular complexity index is 2010. The van der Waals surface area contributed by atoms with Gasteiger partial charge >= 0.3 is 0 Å². The highest BCUT2D eigenvalue weighted by atomic mass is 16.3. The van der Waals surface area contributed by atoms with Crippen LogP contribution in [0.3, 0.4) is 0 Å². The van der Waals surface area contributed by atoms with Crippen molar-refractivity contribution in [3.8, 4) is 5.75 Å². The summed E-state index contributed by atoms with van der Waals surface area (Å²) in [7, 11) is 0. The third-order valence-corrected chi connectivity index (χ3v) is 9.13. The maximum absolute atomic E-state index is 13.7. The summed E-state index contributed by atoms with van der Waals surface area (Å²) >= 11 is 0. The molecule has 8 heteroatoms. The van der Waals surface area contributed by atoms with Gasteiger partial charge in [0.2, 0.25) is 5.91 Å². The molecule has 0 aromatic heterocycles. The van der Waals surface area contributed by atoms with E-state index in [1.807, 2.05) is 93.6 Å². The maximum Gasteiger partial charge on any atom is 0.252 e. The third-order valence-electron chi connectivity index (χ3n) is 9.13. The first kappa shape index (κ1) is 36.1. The number of rotatable bonds is 12. The van der Waals surface area contributed by atoms with Crippen molar-refractivity contribution in [2.24, 2.45) is 0 Å². The van der Waals surface area contributed by atoms with Crippen LogP contribution in [0.1, 0.15) is 71.5 Å². The number of aliphatic hydroxyl groups excluding tert-OH is 1. The molecule has 0 aliphatic carbocycles. The summed E-state index contributed by atoms with van der Waals surface area (Å²) in [4.78, 5) is 41.9. The number of carbonyl (C=O) groups excluding carboxylic acids is 3. The van der Waals surface area contributed by atoms with Crippen molar-refractivity contribution in [3.63, 3.8) is 0 Å². The minimum atomic E-state index is -0.966. The number of phenolic OH excluding ortho intramolecular Hbond substituents is 1. The van der Waals surface area contributed by atoms with E-state index in [1.165, 1.54) is 13.0 Å². The van der Waals surface area contributed by atoms with Gasteiger partial charge in [0.05, 0.1) is 11.7 Å². The molecule has 0 fully saturated rings. The molecule has 3 amide bonds. The van der Waals surface area contributed by atoms with E-state index in [2.05, 4.69) is 16.7 Å². The van der Waals surface area contributed by atoms with Gasteiger partial charge in [-0.05, 0) is 91.8 Å². The molecule has 50 heavy (non-hydrogen) atoms. The quantitative estimate of drug-likeness (QED) is 0.117. The van der Waals surface area contributed by atoms with Crippen LogP contribution in [0.15, 0.2) is 97.1 Å². The largest absolute Gasteiger partial charge is 0.508 e. The number of nitrogens with zero attached hydrogens (tertiary/aromatic N) is 1. The van der Waals surface area contributed by atoms with Gasteiger partial charge < -0.3 is 25.7 Å². The van der Waals surface area contributed by atoms with Crippen molar-refractivity contribution in [1.29, 1.82) is 0 Å². The molecule has 4 N–H and O–H groups in total. The van der Waals surface area contributed by atoms with Gasteiger partial charge in [-0.2, -0.15) is 0 Å². The number of aliphatic hydroxyl groups is 1. The average molecular weight is 674 g/mol. The molecule has 0 radical (unpaired) electrons. The Labute approximate surface area is 294 Å². The summed E-state index contributed by atoms with van der Waals surface area (Å²) in [6.07, 6.45) is 0.142. The number of phenols is 1. The molecule has 5 rings (SSSR count). The molecule has 0 saturated carbocycles. The predicted molar refractivity (Wildman–Crippen MR) is 199 cm³/mol. The third kappa shape index (κ3) is 8.68. The Kier molecular flexibility index (Phi) is 11.2. The van der Waals surface area contributed by atoms with Crippen LogP contribution in [0, 0.1) is 6.92 Å². The number of fused-ring (bicyclic) bond motifs is 2. The fourth-order valence-corrected chi connectivity index (χ4v) is 6.65. The SMILES string of the molecule is CC(=O)N(CCc1ccc2ccccc2c1C(=O)NC(C)(C)C)C(Cc1cccc2ccccc12)CC(O)CNC(=O)c1cccc(O)c1C. The predicted octanol–water partition coefficient (Wildman–Crippen LogP) is 6.72. The lowest BCUT2D eigenvalue weighted by molar-refractivity contribution is -0.131. The number of hydrogen-bond donors (Lipinski definition) is 4. The van der Waals surface area contributed by atoms with E-state index in [0.29, 0.717) is 36.1 Å². The lowest BCUT2D eigenvalue weighted by Crippen LogP contribution is -2.45. The van der Waals surface area contributed by atoms with Crippen LogP contribution in [0.2, 0.25) is 0 Å². The van der Waals surface area contributed by atoms with Crippen molar-refractivity contribution in [3.05, 3.63) is 125 Å². The first-order valence-electron chi connectivity index (χ1n) is 17.1. The van der Waals surface area contributed by atoms with Gasteiger partial charge in [-0.3, -0.25) is 14.4 Å². The van der Waals surface area contributed by atoms with Crippen LogP contribution in [-0.4, -0.2) is 63.6 Å². The fourth-order valence-electron chi connectivity index (χ4n) is 6.65. The second kappa shape index (κ2) is 15.6. The molecule has 2 atom stereocenters. The summed E-state index contributed by atoms with van der Waals surface area (Å²) < 4.78 is 0. The van der Waals surface area contributed by atoms with E-state index in [9.17, 15) is 24.6 Å². The Morgan fingerprint density at radius 2 is 1.42 bits per heavy atom. The lowest BCUT2D eigenvalue weighted by Gasteiger charge is -2.33. The fraction of sp³-hybridized carbons (Fsp3) is 0.310. The molecule has 260 valence electrons. The van der Waals surface area contributed by atoms with Crippen molar-refractivity contribution >= 4 is 39.3 Å². The number of amides is 3. The normalized spacial score (nSPS) is 12.8. The standard InChI is InChI=1S/C42H47N3O5/c1-27-35(18-11-19-38(27)48)40(49)43-26-34(47)25-33(24-32-15-10-14-29-12-6-8-16-36(29)32)45(28(2)46)23-22-31-21-20-30-13-7-9-17-37(30)39(31)41(50)44-42(3,4)5/h6-21,33-34,47-48H,22-26H2,1-5H3,(H,43,49)(H,44,50). The second-order valence-electron chi connectivity index (χ2n) is 14.0. The number of benzene rings is 5. The number of hydrogen-bond acceptors (Lipinski definition) is 5. The number of carbonyl (C=O) groups is 3. The zero-order valence-electron chi connectivity index (χ0n) is 29.5. The Balaban J connectivity index is 1.43. The highest BCUT2D eigenvalue weighted by Crippen LogP contribution is 2.27. The molecule has 2 unspecified atom stereocenters. The Hall–Kier alpha value is -5.21. The monoisotopic (exact) mass is 673 g/mol. The van der Waals surface area contributed by atoms with Crippen LogP contribution in [0.25, 0.3) is 21.5 Å².